The molecule has 0 unspecified atom stereocenters. The molecule has 0 atom stereocenters. The van der Waals surface area contributed by atoms with Gasteiger partial charge in [0, 0.05) is 26.2 Å². The fourth-order valence-electron chi connectivity index (χ4n) is 0.631. The van der Waals surface area contributed by atoms with Gasteiger partial charge in [-0.1, -0.05) is 8.64 Å². The molecule has 0 aliphatic rings. The molecule has 0 radical (unpaired) electrons. The van der Waals surface area contributed by atoms with Gasteiger partial charge in [-0.3, -0.25) is 0 Å². The average molecular weight is 294 g/mol. The van der Waals surface area contributed by atoms with Crippen LogP contribution in [0.25, 0.3) is 0 Å². The summed E-state index contributed by atoms with van der Waals surface area (Å²) in [7, 11) is 0. The van der Waals surface area contributed by atoms with Crippen LogP contribution in [0.15, 0.2) is 0 Å². The Labute approximate surface area is 136 Å². The number of nitrogens with one attached hydrogen (secondary N) is 3. The van der Waals surface area contributed by atoms with Crippen LogP contribution in [0, 0.1) is 0 Å². The number of rotatable bonds is 6. The van der Waals surface area contributed by atoms with Gasteiger partial charge >= 0.3 is 37.7 Å². The van der Waals surface area contributed by atoms with Crippen molar-refractivity contribution >= 4 is 96.1 Å². The molecule has 0 aromatic carbocycles. The van der Waals surface area contributed by atoms with E-state index in [9.17, 15) is 0 Å². The van der Waals surface area contributed by atoms with E-state index in [1.54, 1.807) is 0 Å². The second-order valence-corrected chi connectivity index (χ2v) is 4.33. The Bertz CT molecular complexity index is 160. The smallest absolute Gasteiger partial charge is 0.412 e. The summed E-state index contributed by atoms with van der Waals surface area (Å²) in [6.07, 6.45) is 0. The van der Waals surface area contributed by atoms with E-state index in [0.717, 1.165) is 26.2 Å². The summed E-state index contributed by atoms with van der Waals surface area (Å²) in [5.74, 6) is 0. The van der Waals surface area contributed by atoms with E-state index < -0.39 is 0 Å². The fraction of sp³-hybridized carbons (Fsp3) is 0.667. The van der Waals surface area contributed by atoms with Gasteiger partial charge < -0.3 is 65.6 Å². The molecule has 0 heterocycles. The maximum Gasteiger partial charge on any atom is 2.00 e. The molecule has 0 saturated carbocycles. The van der Waals surface area contributed by atoms with E-state index in [0.29, 0.717) is 8.64 Å². The van der Waals surface area contributed by atoms with Gasteiger partial charge in [-0.15, -0.1) is 0 Å². The van der Waals surface area contributed by atoms with E-state index in [1.807, 2.05) is 0 Å². The SMILES string of the molecule is S=C([S-])NCCNCCNC(=S)[S-].[Ca+2]. The first kappa shape index (κ1) is 17.8. The van der Waals surface area contributed by atoms with Gasteiger partial charge in [0.15, 0.2) is 0 Å². The normalized spacial score (nSPS) is 8.57. The molecule has 3 N–H and O–H groups in total. The summed E-state index contributed by atoms with van der Waals surface area (Å²) in [5.41, 5.74) is 0. The van der Waals surface area contributed by atoms with Crippen LogP contribution in [0.4, 0.5) is 0 Å². The zero-order chi connectivity index (χ0) is 10.1. The average Bonchev–Trinajstić information content (AvgIpc) is 2.01. The van der Waals surface area contributed by atoms with Gasteiger partial charge in [-0.25, -0.2) is 0 Å². The quantitative estimate of drug-likeness (QED) is 0.252. The summed E-state index contributed by atoms with van der Waals surface area (Å²) in [5, 5.41) is 8.88. The Morgan fingerprint density at radius 3 is 1.50 bits per heavy atom. The van der Waals surface area contributed by atoms with Crippen LogP contribution in [0.3, 0.4) is 0 Å². The van der Waals surface area contributed by atoms with Crippen molar-refractivity contribution in [3.05, 3.63) is 0 Å². The summed E-state index contributed by atoms with van der Waals surface area (Å²) >= 11 is 18.7. The van der Waals surface area contributed by atoms with E-state index in [1.165, 1.54) is 0 Å². The predicted octanol–water partition coefficient (Wildman–Crippen LogP) is -0.962. The first-order valence-electron chi connectivity index (χ1n) is 3.73. The van der Waals surface area contributed by atoms with Gasteiger partial charge in [-0.2, -0.15) is 0 Å². The van der Waals surface area contributed by atoms with Crippen molar-refractivity contribution in [1.29, 1.82) is 0 Å². The summed E-state index contributed by atoms with van der Waals surface area (Å²) in [6.45, 7) is 3.15. The zero-order valence-corrected chi connectivity index (χ0v) is 13.1. The second kappa shape index (κ2) is 12.5. The third-order valence-electron chi connectivity index (χ3n) is 1.14. The van der Waals surface area contributed by atoms with Crippen molar-refractivity contribution in [3.8, 4) is 0 Å². The first-order chi connectivity index (χ1) is 6.13. The van der Waals surface area contributed by atoms with Crippen LogP contribution in [-0.4, -0.2) is 72.6 Å². The molecule has 0 bridgehead atoms. The summed E-state index contributed by atoms with van der Waals surface area (Å²) < 4.78 is 0.818. The third-order valence-corrected chi connectivity index (χ3v) is 1.72. The minimum Gasteiger partial charge on any atom is -0.412 e. The number of thiocarbonyl (C=S) groups is 2. The molecule has 0 aliphatic carbocycles. The van der Waals surface area contributed by atoms with E-state index in [4.69, 9.17) is 0 Å². The van der Waals surface area contributed by atoms with Gasteiger partial charge in [0.05, 0.1) is 0 Å². The summed E-state index contributed by atoms with van der Waals surface area (Å²) in [6, 6.07) is 0. The van der Waals surface area contributed by atoms with Crippen molar-refractivity contribution in [2.24, 2.45) is 0 Å². The molecule has 0 fully saturated rings. The van der Waals surface area contributed by atoms with E-state index in [-0.39, 0.29) is 37.7 Å². The van der Waals surface area contributed by atoms with Crippen molar-refractivity contribution in [1.82, 2.24) is 16.0 Å². The predicted molar refractivity (Wildman–Crippen MR) is 74.6 cm³/mol. The zero-order valence-electron chi connectivity index (χ0n) is 7.67. The molecule has 0 aliphatic heterocycles. The molecular weight excluding hydrogens is 282 g/mol. The van der Waals surface area contributed by atoms with E-state index >= 15 is 0 Å². The van der Waals surface area contributed by atoms with Crippen LogP contribution in [0.5, 0.6) is 0 Å². The standard InChI is InChI=1S/C6H13N3S4.Ca/c10-5(11)8-3-1-7-2-4-9-6(12)13;/h7H,1-4H2,(H2,8,10,11)(H2,9,12,13);/q;+2/p-2. The minimum atomic E-state index is 0. The molecule has 0 amide bonds. The Morgan fingerprint density at radius 1 is 0.857 bits per heavy atom. The van der Waals surface area contributed by atoms with E-state index in [2.05, 4.69) is 65.6 Å². The van der Waals surface area contributed by atoms with Crippen LogP contribution in [0.1, 0.15) is 0 Å². The van der Waals surface area contributed by atoms with Crippen molar-refractivity contribution < 1.29 is 0 Å². The molecule has 0 aromatic rings. The maximum absolute atomic E-state index is 4.66. The van der Waals surface area contributed by atoms with Gasteiger partial charge in [0.2, 0.25) is 0 Å². The van der Waals surface area contributed by atoms with Crippen molar-refractivity contribution in [2.45, 2.75) is 0 Å². The minimum absolute atomic E-state index is 0. The first-order valence-corrected chi connectivity index (χ1v) is 5.36. The maximum atomic E-state index is 4.66. The molecular formula is C6H11CaN3S4. The van der Waals surface area contributed by atoms with Crippen LogP contribution < -0.4 is 16.0 Å². The Morgan fingerprint density at radius 2 is 1.21 bits per heavy atom. The third kappa shape index (κ3) is 15.9. The Balaban J connectivity index is 0. The Hall–Kier alpha value is 1.44. The van der Waals surface area contributed by atoms with Crippen LogP contribution in [-0.2, 0) is 25.3 Å². The second-order valence-electron chi connectivity index (χ2n) is 2.18. The molecule has 8 heteroatoms. The monoisotopic (exact) mass is 293 g/mol. The fourth-order valence-corrected chi connectivity index (χ4v) is 1.04. The van der Waals surface area contributed by atoms with Crippen LogP contribution in [0.2, 0.25) is 0 Å². The number of hydrogen-bond donors (Lipinski definition) is 3. The van der Waals surface area contributed by atoms with Crippen molar-refractivity contribution in [2.75, 3.05) is 26.2 Å². The number of hydrogen-bond acceptors (Lipinski definition) is 5. The Kier molecular flexibility index (Phi) is 15.9. The molecule has 0 rings (SSSR count). The van der Waals surface area contributed by atoms with Crippen molar-refractivity contribution in [3.63, 3.8) is 0 Å². The van der Waals surface area contributed by atoms with Gasteiger partial charge in [-0.05, 0) is 0 Å². The van der Waals surface area contributed by atoms with Gasteiger partial charge in [0.25, 0.3) is 0 Å². The van der Waals surface area contributed by atoms with Crippen LogP contribution >= 0.6 is 24.4 Å². The molecule has 0 spiro atoms. The summed E-state index contributed by atoms with van der Waals surface area (Å²) in [4.78, 5) is 0. The molecule has 0 saturated heterocycles. The largest absolute Gasteiger partial charge is 2.00 e. The molecule has 14 heavy (non-hydrogen) atoms. The topological polar surface area (TPSA) is 36.1 Å². The van der Waals surface area contributed by atoms with Gasteiger partial charge in [0.1, 0.15) is 0 Å². The molecule has 0 aromatic heterocycles. The molecule has 76 valence electrons. The molecule has 3 nitrogen and oxygen atoms in total.